The summed E-state index contributed by atoms with van der Waals surface area (Å²) in [5.41, 5.74) is 0. The van der Waals surface area contributed by atoms with Gasteiger partial charge in [-0.15, -0.1) is 11.6 Å². The molecule has 1 amide bonds. The zero-order chi connectivity index (χ0) is 14.3. The lowest BCUT2D eigenvalue weighted by atomic mass is 10.1. The van der Waals surface area contributed by atoms with Crippen LogP contribution in [-0.4, -0.2) is 49.4 Å². The van der Waals surface area contributed by atoms with Crippen LogP contribution in [0.5, 0.6) is 0 Å². The average Bonchev–Trinajstić information content (AvgIpc) is 2.39. The molecule has 1 aliphatic rings. The zero-order valence-corrected chi connectivity index (χ0v) is 13.0. The van der Waals surface area contributed by atoms with E-state index in [9.17, 15) is 13.2 Å². The van der Waals surface area contributed by atoms with Gasteiger partial charge in [-0.3, -0.25) is 4.79 Å². The van der Waals surface area contributed by atoms with Crippen molar-refractivity contribution in [2.45, 2.75) is 45.1 Å². The first-order chi connectivity index (χ1) is 8.99. The molecule has 0 aromatic carbocycles. The Morgan fingerprint density at radius 3 is 2.47 bits per heavy atom. The maximum Gasteiger partial charge on any atom is 0.219 e. The van der Waals surface area contributed by atoms with Crippen LogP contribution < -0.4 is 5.32 Å². The summed E-state index contributed by atoms with van der Waals surface area (Å²) in [5.74, 6) is 0.704. The lowest BCUT2D eigenvalue weighted by molar-refractivity contribution is -0.121. The van der Waals surface area contributed by atoms with Gasteiger partial charge in [-0.1, -0.05) is 6.92 Å². The van der Waals surface area contributed by atoms with Crippen LogP contribution >= 0.6 is 11.6 Å². The van der Waals surface area contributed by atoms with Crippen molar-refractivity contribution in [3.8, 4) is 0 Å². The van der Waals surface area contributed by atoms with Crippen molar-refractivity contribution >= 4 is 27.5 Å². The number of unbranched alkanes of at least 4 members (excludes halogenated alkanes) is 1. The summed E-state index contributed by atoms with van der Waals surface area (Å²) < 4.78 is 25.6. The van der Waals surface area contributed by atoms with Crippen LogP contribution in [0.4, 0.5) is 0 Å². The van der Waals surface area contributed by atoms with Gasteiger partial charge < -0.3 is 5.32 Å². The summed E-state index contributed by atoms with van der Waals surface area (Å²) in [6, 6.07) is 0.113. The number of halogens is 1. The first-order valence-electron chi connectivity index (χ1n) is 6.82. The maximum absolute atomic E-state index is 12.0. The molecule has 0 spiro atoms. The van der Waals surface area contributed by atoms with E-state index in [1.165, 1.54) is 4.31 Å². The number of sulfonamides is 1. The molecule has 1 rings (SSSR count). The van der Waals surface area contributed by atoms with E-state index in [1.54, 1.807) is 0 Å². The second-order valence-corrected chi connectivity index (χ2v) is 7.27. The van der Waals surface area contributed by atoms with Crippen LogP contribution in [0.1, 0.15) is 39.0 Å². The molecule has 0 aromatic rings. The van der Waals surface area contributed by atoms with E-state index < -0.39 is 10.0 Å². The summed E-state index contributed by atoms with van der Waals surface area (Å²) in [6.45, 7) is 2.81. The standard InChI is InChI=1S/C12H23ClN2O3S/c1-2-12(16)14-11-5-8-15(9-6-11)19(17,18)10-4-3-7-13/h11H,2-10H2,1H3,(H,14,16). The van der Waals surface area contributed by atoms with Gasteiger partial charge in [-0.25, -0.2) is 12.7 Å². The number of nitrogens with zero attached hydrogens (tertiary/aromatic N) is 1. The van der Waals surface area contributed by atoms with Crippen LogP contribution in [0.15, 0.2) is 0 Å². The molecule has 0 aliphatic carbocycles. The minimum Gasteiger partial charge on any atom is -0.353 e. The van der Waals surface area contributed by atoms with Crippen LogP contribution in [0, 0.1) is 0 Å². The van der Waals surface area contributed by atoms with Gasteiger partial charge >= 0.3 is 0 Å². The van der Waals surface area contributed by atoms with Gasteiger partial charge in [-0.2, -0.15) is 0 Å². The summed E-state index contributed by atoms with van der Waals surface area (Å²) in [6.07, 6.45) is 3.19. The molecule has 0 saturated carbocycles. The molecular weight excluding hydrogens is 288 g/mol. The summed E-state index contributed by atoms with van der Waals surface area (Å²) in [5, 5.41) is 2.91. The Hall–Kier alpha value is -0.330. The molecule has 112 valence electrons. The molecule has 1 saturated heterocycles. The number of hydrogen-bond donors (Lipinski definition) is 1. The number of carbonyl (C=O) groups excluding carboxylic acids is 1. The number of carbonyl (C=O) groups is 1. The van der Waals surface area contributed by atoms with Crippen molar-refractivity contribution in [2.24, 2.45) is 0 Å². The van der Waals surface area contributed by atoms with E-state index in [2.05, 4.69) is 5.32 Å². The third kappa shape index (κ3) is 5.67. The first-order valence-corrected chi connectivity index (χ1v) is 8.97. The largest absolute Gasteiger partial charge is 0.353 e. The summed E-state index contributed by atoms with van der Waals surface area (Å²) in [7, 11) is -3.15. The van der Waals surface area contributed by atoms with E-state index >= 15 is 0 Å². The predicted octanol–water partition coefficient (Wildman–Crippen LogP) is 1.33. The molecule has 0 unspecified atom stereocenters. The Labute approximate surface area is 120 Å². The topological polar surface area (TPSA) is 66.5 Å². The lowest BCUT2D eigenvalue weighted by Gasteiger charge is -2.31. The lowest BCUT2D eigenvalue weighted by Crippen LogP contribution is -2.46. The second-order valence-electron chi connectivity index (χ2n) is 4.81. The van der Waals surface area contributed by atoms with Crippen LogP contribution in [0.2, 0.25) is 0 Å². The Bertz CT molecular complexity index is 378. The van der Waals surface area contributed by atoms with Gasteiger partial charge in [0.2, 0.25) is 15.9 Å². The summed E-state index contributed by atoms with van der Waals surface area (Å²) in [4.78, 5) is 11.3. The molecule has 0 radical (unpaired) electrons. The van der Waals surface area contributed by atoms with Crippen molar-refractivity contribution in [2.75, 3.05) is 24.7 Å². The molecule has 0 bridgehead atoms. The minimum atomic E-state index is -3.15. The smallest absolute Gasteiger partial charge is 0.219 e. The Balaban J connectivity index is 2.38. The van der Waals surface area contributed by atoms with Gasteiger partial charge in [0.1, 0.15) is 0 Å². The number of alkyl halides is 1. The van der Waals surface area contributed by atoms with Gasteiger partial charge in [0.15, 0.2) is 0 Å². The van der Waals surface area contributed by atoms with Gasteiger partial charge in [0, 0.05) is 31.4 Å². The maximum atomic E-state index is 12.0. The monoisotopic (exact) mass is 310 g/mol. The fourth-order valence-electron chi connectivity index (χ4n) is 2.12. The van der Waals surface area contributed by atoms with Crippen molar-refractivity contribution < 1.29 is 13.2 Å². The Morgan fingerprint density at radius 1 is 1.32 bits per heavy atom. The fraction of sp³-hybridized carbons (Fsp3) is 0.917. The molecule has 0 aromatic heterocycles. The normalized spacial score (nSPS) is 18.4. The highest BCUT2D eigenvalue weighted by Crippen LogP contribution is 2.15. The highest BCUT2D eigenvalue weighted by Gasteiger charge is 2.27. The fourth-order valence-corrected chi connectivity index (χ4v) is 3.90. The van der Waals surface area contributed by atoms with Crippen LogP contribution in [0.25, 0.3) is 0 Å². The SMILES string of the molecule is CCC(=O)NC1CCN(S(=O)(=O)CCCCCl)CC1. The van der Waals surface area contributed by atoms with Gasteiger partial charge in [-0.05, 0) is 25.7 Å². The molecular formula is C12H23ClN2O3S. The van der Waals surface area contributed by atoms with E-state index in [1.807, 2.05) is 6.92 Å². The van der Waals surface area contributed by atoms with Crippen molar-refractivity contribution in [1.29, 1.82) is 0 Å². The quantitative estimate of drug-likeness (QED) is 0.570. The van der Waals surface area contributed by atoms with E-state index in [0.29, 0.717) is 44.7 Å². The first kappa shape index (κ1) is 16.7. The number of piperidine rings is 1. The molecule has 5 nitrogen and oxygen atoms in total. The summed E-state index contributed by atoms with van der Waals surface area (Å²) >= 11 is 5.55. The average molecular weight is 311 g/mol. The highest BCUT2D eigenvalue weighted by atomic mass is 35.5. The van der Waals surface area contributed by atoms with Gasteiger partial charge in [0.05, 0.1) is 5.75 Å². The van der Waals surface area contributed by atoms with E-state index in [4.69, 9.17) is 11.6 Å². The molecule has 1 aliphatic heterocycles. The third-order valence-electron chi connectivity index (χ3n) is 3.32. The van der Waals surface area contributed by atoms with Crippen molar-refractivity contribution in [3.63, 3.8) is 0 Å². The predicted molar refractivity (Wildman–Crippen MR) is 76.8 cm³/mol. The molecule has 19 heavy (non-hydrogen) atoms. The zero-order valence-electron chi connectivity index (χ0n) is 11.4. The molecule has 0 atom stereocenters. The number of rotatable bonds is 7. The van der Waals surface area contributed by atoms with Crippen molar-refractivity contribution in [3.05, 3.63) is 0 Å². The molecule has 1 fully saturated rings. The third-order valence-corrected chi connectivity index (χ3v) is 5.54. The molecule has 1 heterocycles. The highest BCUT2D eigenvalue weighted by molar-refractivity contribution is 7.89. The number of nitrogens with one attached hydrogen (secondary N) is 1. The van der Waals surface area contributed by atoms with Crippen LogP contribution in [0.3, 0.4) is 0 Å². The molecule has 7 heteroatoms. The second kappa shape index (κ2) is 8.07. The van der Waals surface area contributed by atoms with E-state index in [0.717, 1.165) is 6.42 Å². The Kier molecular flexibility index (Phi) is 7.10. The van der Waals surface area contributed by atoms with Gasteiger partial charge in [0.25, 0.3) is 0 Å². The minimum absolute atomic E-state index is 0.0309. The molecule has 1 N–H and O–H groups in total. The Morgan fingerprint density at radius 2 is 1.95 bits per heavy atom. The number of amides is 1. The number of hydrogen-bond acceptors (Lipinski definition) is 3. The van der Waals surface area contributed by atoms with Crippen LogP contribution in [-0.2, 0) is 14.8 Å². The van der Waals surface area contributed by atoms with Crippen molar-refractivity contribution in [1.82, 2.24) is 9.62 Å². The van der Waals surface area contributed by atoms with E-state index in [-0.39, 0.29) is 17.7 Å².